The summed E-state index contributed by atoms with van der Waals surface area (Å²) in [6, 6.07) is 0. The van der Waals surface area contributed by atoms with Gasteiger partial charge in [-0.15, -0.1) is 23.2 Å². The Morgan fingerprint density at radius 3 is 1.64 bits per heavy atom. The van der Waals surface area contributed by atoms with Crippen molar-refractivity contribution in [1.82, 2.24) is 0 Å². The molecule has 0 heterocycles. The molecule has 0 fully saturated rings. The highest BCUT2D eigenvalue weighted by atomic mass is 35.5. The lowest BCUT2D eigenvalue weighted by atomic mass is 10.5. The van der Waals surface area contributed by atoms with E-state index in [9.17, 15) is 4.79 Å². The molecule has 3 nitrogen and oxygen atoms in total. The third kappa shape index (κ3) is 7.80. The summed E-state index contributed by atoms with van der Waals surface area (Å²) in [6.45, 7) is 0. The summed E-state index contributed by atoms with van der Waals surface area (Å²) in [5, 5.41) is 0. The first kappa shape index (κ1) is 14.4. The number of ether oxygens (including phenoxy) is 2. The van der Waals surface area contributed by atoms with E-state index in [0.29, 0.717) is 24.6 Å². The van der Waals surface area contributed by atoms with Gasteiger partial charge in [0.05, 0.1) is 0 Å². The van der Waals surface area contributed by atoms with Crippen molar-refractivity contribution in [3.8, 4) is 0 Å². The van der Waals surface area contributed by atoms with Crippen molar-refractivity contribution < 1.29 is 14.3 Å². The van der Waals surface area contributed by atoms with E-state index >= 15 is 0 Å². The fourth-order valence-electron chi connectivity index (χ4n) is 0.526. The molecular weight excluding hydrogens is 274 g/mol. The monoisotopic (exact) mass is 282 g/mol. The fraction of sp³-hybridized carbons (Fsp3) is 0.857. The van der Waals surface area contributed by atoms with Gasteiger partial charge in [0.1, 0.15) is 0 Å². The summed E-state index contributed by atoms with van der Waals surface area (Å²) in [4.78, 5) is 10.9. The molecule has 0 aromatic heterocycles. The Hall–Kier alpha value is 0.430. The smallest absolute Gasteiger partial charge is 0.414 e. The molecule has 0 aromatic rings. The SMILES string of the molecule is O=C(OC(Cl)CCCl)OC(Cl)CCCl. The third-order valence-corrected chi connectivity index (χ3v) is 2.17. The minimum Gasteiger partial charge on any atom is -0.414 e. The molecule has 0 amide bonds. The van der Waals surface area contributed by atoms with E-state index in [0.717, 1.165) is 0 Å². The number of hydrogen-bond acceptors (Lipinski definition) is 3. The van der Waals surface area contributed by atoms with Crippen molar-refractivity contribution in [3.63, 3.8) is 0 Å². The summed E-state index contributed by atoms with van der Waals surface area (Å²) in [6.07, 6.45) is -0.221. The molecule has 0 spiro atoms. The second-order valence-corrected chi connectivity index (χ2v) is 3.99. The number of hydrogen-bond donors (Lipinski definition) is 0. The molecule has 0 radical (unpaired) electrons. The molecule has 2 unspecified atom stereocenters. The average molecular weight is 284 g/mol. The molecule has 0 aromatic carbocycles. The van der Waals surface area contributed by atoms with Crippen LogP contribution in [0.1, 0.15) is 12.8 Å². The Kier molecular flexibility index (Phi) is 8.98. The van der Waals surface area contributed by atoms with Gasteiger partial charge < -0.3 is 9.47 Å². The second-order valence-electron chi connectivity index (χ2n) is 2.26. The molecule has 0 N–H and O–H groups in total. The molecule has 14 heavy (non-hydrogen) atoms. The van der Waals surface area contributed by atoms with Crippen molar-refractivity contribution in [3.05, 3.63) is 0 Å². The van der Waals surface area contributed by atoms with Gasteiger partial charge in [-0.2, -0.15) is 0 Å². The first-order chi connectivity index (χ1) is 6.60. The van der Waals surface area contributed by atoms with Crippen molar-refractivity contribution in [2.45, 2.75) is 24.0 Å². The Labute approximate surface area is 103 Å². The van der Waals surface area contributed by atoms with Crippen LogP contribution in [0.3, 0.4) is 0 Å². The van der Waals surface area contributed by atoms with Crippen LogP contribution in [0.5, 0.6) is 0 Å². The van der Waals surface area contributed by atoms with Crippen LogP contribution in [0.4, 0.5) is 4.79 Å². The van der Waals surface area contributed by atoms with Gasteiger partial charge in [-0.1, -0.05) is 23.2 Å². The van der Waals surface area contributed by atoms with E-state index in [4.69, 9.17) is 46.4 Å². The van der Waals surface area contributed by atoms with Gasteiger partial charge in [0.15, 0.2) is 11.1 Å². The minimum absolute atomic E-state index is 0.299. The van der Waals surface area contributed by atoms with Crippen molar-refractivity contribution in [2.24, 2.45) is 0 Å². The van der Waals surface area contributed by atoms with Gasteiger partial charge >= 0.3 is 6.16 Å². The minimum atomic E-state index is -0.916. The molecule has 0 saturated heterocycles. The van der Waals surface area contributed by atoms with E-state index in [-0.39, 0.29) is 0 Å². The Morgan fingerprint density at radius 2 is 1.36 bits per heavy atom. The lowest BCUT2D eigenvalue weighted by Crippen LogP contribution is -2.18. The quantitative estimate of drug-likeness (QED) is 0.553. The number of rotatable bonds is 6. The van der Waals surface area contributed by atoms with Crippen LogP contribution in [-0.4, -0.2) is 29.0 Å². The zero-order chi connectivity index (χ0) is 11.0. The lowest BCUT2D eigenvalue weighted by Gasteiger charge is -2.12. The maximum absolute atomic E-state index is 10.9. The maximum Gasteiger partial charge on any atom is 0.511 e. The van der Waals surface area contributed by atoms with Crippen LogP contribution in [0.15, 0.2) is 0 Å². The molecule has 84 valence electrons. The van der Waals surface area contributed by atoms with Crippen LogP contribution >= 0.6 is 46.4 Å². The molecule has 2 atom stereocenters. The first-order valence-electron chi connectivity index (χ1n) is 3.87. The first-order valence-corrected chi connectivity index (χ1v) is 5.81. The fourth-order valence-corrected chi connectivity index (χ4v) is 1.51. The van der Waals surface area contributed by atoms with E-state index in [1.165, 1.54) is 0 Å². The molecule has 0 aliphatic heterocycles. The van der Waals surface area contributed by atoms with E-state index in [2.05, 4.69) is 9.47 Å². The van der Waals surface area contributed by atoms with Crippen LogP contribution < -0.4 is 0 Å². The molecule has 7 heteroatoms. The molecule has 0 bridgehead atoms. The number of alkyl halides is 4. The topological polar surface area (TPSA) is 35.5 Å². The van der Waals surface area contributed by atoms with Gasteiger partial charge in [-0.05, 0) is 0 Å². The lowest BCUT2D eigenvalue weighted by molar-refractivity contribution is 0.0358. The second kappa shape index (κ2) is 8.72. The predicted octanol–water partition coefficient (Wildman–Crippen LogP) is 3.53. The highest BCUT2D eigenvalue weighted by molar-refractivity contribution is 6.22. The zero-order valence-electron chi connectivity index (χ0n) is 7.22. The molecule has 0 rings (SSSR count). The van der Waals surface area contributed by atoms with Gasteiger partial charge in [0.25, 0.3) is 0 Å². The summed E-state index contributed by atoms with van der Waals surface area (Å²) in [7, 11) is 0. The van der Waals surface area contributed by atoms with E-state index in [1.54, 1.807) is 0 Å². The van der Waals surface area contributed by atoms with Crippen molar-refractivity contribution in [2.75, 3.05) is 11.8 Å². The van der Waals surface area contributed by atoms with Crippen LogP contribution in [0, 0.1) is 0 Å². The molecular formula is C7H10Cl4O3. The summed E-state index contributed by atoms with van der Waals surface area (Å²) in [5.41, 5.74) is -1.58. The summed E-state index contributed by atoms with van der Waals surface area (Å²) < 4.78 is 9.20. The largest absolute Gasteiger partial charge is 0.511 e. The Morgan fingerprint density at radius 1 is 1.00 bits per heavy atom. The number of carbonyl (C=O) groups is 1. The maximum atomic E-state index is 10.9. The van der Waals surface area contributed by atoms with Gasteiger partial charge in [-0.25, -0.2) is 4.79 Å². The van der Waals surface area contributed by atoms with Crippen LogP contribution in [0.2, 0.25) is 0 Å². The summed E-state index contributed by atoms with van der Waals surface area (Å²) >= 11 is 21.9. The molecule has 0 aliphatic carbocycles. The number of carbonyl (C=O) groups excluding carboxylic acids is 1. The molecule has 0 saturated carbocycles. The Balaban J connectivity index is 3.63. The van der Waals surface area contributed by atoms with Gasteiger partial charge in [0, 0.05) is 24.6 Å². The standard InChI is InChI=1S/C7H10Cl4O3/c8-3-1-5(10)13-7(12)14-6(11)2-4-9/h5-6H,1-4H2. The number of halogens is 4. The summed E-state index contributed by atoms with van der Waals surface area (Å²) in [5.74, 6) is 0.598. The van der Waals surface area contributed by atoms with Crippen molar-refractivity contribution in [1.29, 1.82) is 0 Å². The predicted molar refractivity (Wildman–Crippen MR) is 57.5 cm³/mol. The zero-order valence-corrected chi connectivity index (χ0v) is 10.2. The Bertz CT molecular complexity index is 151. The van der Waals surface area contributed by atoms with Crippen molar-refractivity contribution >= 4 is 52.6 Å². The average Bonchev–Trinajstić information content (AvgIpc) is 2.03. The normalized spacial score (nSPS) is 14.6. The molecule has 0 aliphatic rings. The van der Waals surface area contributed by atoms with Gasteiger partial charge in [0.2, 0.25) is 0 Å². The highest BCUT2D eigenvalue weighted by Crippen LogP contribution is 2.11. The van der Waals surface area contributed by atoms with Crippen LogP contribution in [-0.2, 0) is 9.47 Å². The van der Waals surface area contributed by atoms with E-state index in [1.807, 2.05) is 0 Å². The third-order valence-electron chi connectivity index (χ3n) is 1.12. The highest BCUT2D eigenvalue weighted by Gasteiger charge is 2.15. The van der Waals surface area contributed by atoms with E-state index < -0.39 is 17.3 Å². The van der Waals surface area contributed by atoms with Crippen LogP contribution in [0.25, 0.3) is 0 Å². The van der Waals surface area contributed by atoms with Gasteiger partial charge in [-0.3, -0.25) is 0 Å².